The standard InChI is InChI=1S/C20H34N2O2/c1-8-10-13-22(19(23)24-20(5,6)7)16(4)17-12-11-15(3)18(14-17)21-9-2/h11-12,14,16,21H,8-10,13H2,1-7H3/t16-/m0/s1. The second kappa shape index (κ2) is 8.95. The molecule has 1 atom stereocenters. The number of aryl methyl sites for hydroxylation is 1. The van der Waals surface area contributed by atoms with E-state index in [9.17, 15) is 4.79 Å². The molecule has 0 saturated heterocycles. The second-order valence-electron chi connectivity index (χ2n) is 7.31. The number of hydrogen-bond donors (Lipinski definition) is 1. The molecule has 0 bridgehead atoms. The molecule has 1 aromatic rings. The molecule has 4 heteroatoms. The van der Waals surface area contributed by atoms with Gasteiger partial charge in [-0.15, -0.1) is 0 Å². The Morgan fingerprint density at radius 3 is 2.50 bits per heavy atom. The Morgan fingerprint density at radius 1 is 1.29 bits per heavy atom. The normalized spacial score (nSPS) is 12.6. The number of nitrogens with zero attached hydrogens (tertiary/aromatic N) is 1. The highest BCUT2D eigenvalue weighted by molar-refractivity contribution is 5.69. The van der Waals surface area contributed by atoms with Crippen LogP contribution >= 0.6 is 0 Å². The highest BCUT2D eigenvalue weighted by Gasteiger charge is 2.26. The molecule has 0 unspecified atom stereocenters. The number of benzene rings is 1. The van der Waals surface area contributed by atoms with Crippen molar-refractivity contribution in [2.75, 3.05) is 18.4 Å². The van der Waals surface area contributed by atoms with Gasteiger partial charge in [-0.25, -0.2) is 4.79 Å². The fourth-order valence-corrected chi connectivity index (χ4v) is 2.55. The van der Waals surface area contributed by atoms with Gasteiger partial charge in [0.1, 0.15) is 5.60 Å². The Morgan fingerprint density at radius 2 is 1.96 bits per heavy atom. The second-order valence-corrected chi connectivity index (χ2v) is 7.31. The van der Waals surface area contributed by atoms with E-state index < -0.39 is 5.60 Å². The molecular formula is C20H34N2O2. The first kappa shape index (κ1) is 20.3. The van der Waals surface area contributed by atoms with E-state index in [2.05, 4.69) is 51.2 Å². The zero-order valence-corrected chi connectivity index (χ0v) is 16.4. The monoisotopic (exact) mass is 334 g/mol. The van der Waals surface area contributed by atoms with Crippen LogP contribution in [-0.2, 0) is 4.74 Å². The van der Waals surface area contributed by atoms with E-state index in [1.165, 1.54) is 5.56 Å². The Hall–Kier alpha value is -1.71. The highest BCUT2D eigenvalue weighted by atomic mass is 16.6. The maximum absolute atomic E-state index is 12.6. The molecule has 0 aromatic heterocycles. The maximum atomic E-state index is 12.6. The van der Waals surface area contributed by atoms with E-state index in [-0.39, 0.29) is 12.1 Å². The van der Waals surface area contributed by atoms with Gasteiger partial charge in [-0.2, -0.15) is 0 Å². The van der Waals surface area contributed by atoms with Crippen molar-refractivity contribution in [1.29, 1.82) is 0 Å². The summed E-state index contributed by atoms with van der Waals surface area (Å²) in [5.74, 6) is 0. The number of carbonyl (C=O) groups is 1. The van der Waals surface area contributed by atoms with Crippen molar-refractivity contribution in [3.63, 3.8) is 0 Å². The summed E-state index contributed by atoms with van der Waals surface area (Å²) in [6.45, 7) is 15.7. The molecule has 1 N–H and O–H groups in total. The van der Waals surface area contributed by atoms with Gasteiger partial charge in [0.25, 0.3) is 0 Å². The van der Waals surface area contributed by atoms with E-state index in [1.54, 1.807) is 0 Å². The van der Waals surface area contributed by atoms with Gasteiger partial charge in [-0.3, -0.25) is 0 Å². The molecule has 1 aromatic carbocycles. The molecular weight excluding hydrogens is 300 g/mol. The summed E-state index contributed by atoms with van der Waals surface area (Å²) in [6, 6.07) is 6.33. The lowest BCUT2D eigenvalue weighted by atomic mass is 10.0. The summed E-state index contributed by atoms with van der Waals surface area (Å²) in [6.07, 6.45) is 1.77. The molecule has 0 radical (unpaired) electrons. The minimum Gasteiger partial charge on any atom is -0.444 e. The number of unbranched alkanes of at least 4 members (excludes halogenated alkanes) is 1. The number of nitrogens with one attached hydrogen (secondary N) is 1. The number of rotatable bonds is 7. The number of carbonyl (C=O) groups excluding carboxylic acids is 1. The lowest BCUT2D eigenvalue weighted by molar-refractivity contribution is 0.0170. The van der Waals surface area contributed by atoms with Gasteiger partial charge in [0, 0.05) is 18.8 Å². The lowest BCUT2D eigenvalue weighted by Crippen LogP contribution is -2.39. The topological polar surface area (TPSA) is 41.6 Å². The van der Waals surface area contributed by atoms with Gasteiger partial charge in [-0.1, -0.05) is 25.5 Å². The van der Waals surface area contributed by atoms with Crippen molar-refractivity contribution >= 4 is 11.8 Å². The fourth-order valence-electron chi connectivity index (χ4n) is 2.55. The molecule has 4 nitrogen and oxygen atoms in total. The maximum Gasteiger partial charge on any atom is 0.410 e. The molecule has 0 saturated carbocycles. The van der Waals surface area contributed by atoms with Crippen LogP contribution in [0.25, 0.3) is 0 Å². The highest BCUT2D eigenvalue weighted by Crippen LogP contribution is 2.27. The third kappa shape index (κ3) is 6.06. The number of hydrogen-bond acceptors (Lipinski definition) is 3. The SMILES string of the molecule is CCCCN(C(=O)OC(C)(C)C)[C@@H](C)c1ccc(C)c(NCC)c1. The van der Waals surface area contributed by atoms with Gasteiger partial charge < -0.3 is 15.0 Å². The molecule has 0 spiro atoms. The van der Waals surface area contributed by atoms with Crippen molar-refractivity contribution in [2.24, 2.45) is 0 Å². The first-order valence-electron chi connectivity index (χ1n) is 9.03. The van der Waals surface area contributed by atoms with Gasteiger partial charge in [-0.05, 0) is 65.2 Å². The molecule has 0 aliphatic carbocycles. The zero-order valence-electron chi connectivity index (χ0n) is 16.4. The number of anilines is 1. The van der Waals surface area contributed by atoms with Gasteiger partial charge in [0.05, 0.1) is 6.04 Å². The predicted octanol–water partition coefficient (Wildman–Crippen LogP) is 5.53. The lowest BCUT2D eigenvalue weighted by Gasteiger charge is -2.32. The third-order valence-corrected chi connectivity index (χ3v) is 3.96. The fraction of sp³-hybridized carbons (Fsp3) is 0.650. The number of amides is 1. The summed E-state index contributed by atoms with van der Waals surface area (Å²) in [5.41, 5.74) is 2.98. The van der Waals surface area contributed by atoms with Crippen molar-refractivity contribution < 1.29 is 9.53 Å². The van der Waals surface area contributed by atoms with Crippen molar-refractivity contribution in [1.82, 2.24) is 4.90 Å². The average Bonchev–Trinajstić information content (AvgIpc) is 2.48. The van der Waals surface area contributed by atoms with Crippen molar-refractivity contribution in [3.8, 4) is 0 Å². The van der Waals surface area contributed by atoms with Crippen molar-refractivity contribution in [3.05, 3.63) is 29.3 Å². The first-order valence-corrected chi connectivity index (χ1v) is 9.03. The molecule has 0 aliphatic rings. The van der Waals surface area contributed by atoms with Crippen LogP contribution in [-0.4, -0.2) is 29.7 Å². The summed E-state index contributed by atoms with van der Waals surface area (Å²) in [4.78, 5) is 14.5. The Kier molecular flexibility index (Phi) is 7.59. The van der Waals surface area contributed by atoms with Crippen LogP contribution in [0.4, 0.5) is 10.5 Å². The molecule has 1 rings (SSSR count). The largest absolute Gasteiger partial charge is 0.444 e. The third-order valence-electron chi connectivity index (χ3n) is 3.96. The van der Waals surface area contributed by atoms with Gasteiger partial charge in [0.15, 0.2) is 0 Å². The van der Waals surface area contributed by atoms with Crippen LogP contribution in [0.1, 0.15) is 71.6 Å². The molecule has 136 valence electrons. The van der Waals surface area contributed by atoms with E-state index in [4.69, 9.17) is 4.74 Å². The van der Waals surface area contributed by atoms with Crippen LogP contribution in [0.5, 0.6) is 0 Å². The number of ether oxygens (including phenoxy) is 1. The van der Waals surface area contributed by atoms with Crippen molar-refractivity contribution in [2.45, 2.75) is 73.0 Å². The van der Waals surface area contributed by atoms with E-state index in [1.807, 2.05) is 25.7 Å². The molecule has 0 fully saturated rings. The minimum absolute atomic E-state index is 0.0237. The summed E-state index contributed by atoms with van der Waals surface area (Å²) >= 11 is 0. The first-order chi connectivity index (χ1) is 11.2. The quantitative estimate of drug-likeness (QED) is 0.713. The van der Waals surface area contributed by atoms with Crippen LogP contribution in [0.15, 0.2) is 18.2 Å². The molecule has 0 aliphatic heterocycles. The van der Waals surface area contributed by atoms with Crippen LogP contribution < -0.4 is 5.32 Å². The Balaban J connectivity index is 3.04. The van der Waals surface area contributed by atoms with E-state index >= 15 is 0 Å². The Bertz CT molecular complexity index is 535. The van der Waals surface area contributed by atoms with Gasteiger partial charge >= 0.3 is 6.09 Å². The summed E-state index contributed by atoms with van der Waals surface area (Å²) in [5, 5.41) is 3.39. The van der Waals surface area contributed by atoms with E-state index in [0.717, 1.165) is 30.6 Å². The predicted molar refractivity (Wildman–Crippen MR) is 102 cm³/mol. The van der Waals surface area contributed by atoms with Crippen LogP contribution in [0, 0.1) is 6.92 Å². The zero-order chi connectivity index (χ0) is 18.3. The molecule has 1 amide bonds. The molecule has 24 heavy (non-hydrogen) atoms. The minimum atomic E-state index is -0.483. The van der Waals surface area contributed by atoms with Gasteiger partial charge in [0.2, 0.25) is 0 Å². The Labute approximate surface area is 147 Å². The van der Waals surface area contributed by atoms with Crippen LogP contribution in [0.3, 0.4) is 0 Å². The average molecular weight is 335 g/mol. The molecule has 0 heterocycles. The summed E-state index contributed by atoms with van der Waals surface area (Å²) < 4.78 is 5.61. The smallest absolute Gasteiger partial charge is 0.410 e. The van der Waals surface area contributed by atoms with Crippen LogP contribution in [0.2, 0.25) is 0 Å². The van der Waals surface area contributed by atoms with E-state index in [0.29, 0.717) is 6.54 Å². The summed E-state index contributed by atoms with van der Waals surface area (Å²) in [7, 11) is 0.